The lowest BCUT2D eigenvalue weighted by atomic mass is 10.1. The van der Waals surface area contributed by atoms with E-state index in [4.69, 9.17) is 0 Å². The number of imidazole rings is 1. The maximum atomic E-state index is 15.9. The van der Waals surface area contributed by atoms with Crippen molar-refractivity contribution in [1.29, 1.82) is 0 Å². The molecule has 184 valence electrons. The van der Waals surface area contributed by atoms with E-state index in [0.29, 0.717) is 48.5 Å². The molecule has 2 atom stereocenters. The van der Waals surface area contributed by atoms with Gasteiger partial charge in [-0.2, -0.15) is 4.39 Å². The molecular weight excluding hydrogens is 491 g/mol. The molecule has 14 heteroatoms. The Morgan fingerprint density at radius 3 is 2.50 bits per heavy atom. The molecule has 0 aromatic carbocycles. The highest BCUT2D eigenvalue weighted by Crippen LogP contribution is 2.38. The second kappa shape index (κ2) is 8.14. The zero-order valence-corrected chi connectivity index (χ0v) is 20.4. The summed E-state index contributed by atoms with van der Waals surface area (Å²) in [5.41, 5.74) is 0.196. The number of halogens is 3. The lowest BCUT2D eigenvalue weighted by Gasteiger charge is -2.38. The Labute approximate surface area is 198 Å². The number of alkyl halides is 2. The minimum Gasteiger partial charge on any atom is -0.367 e. The quantitative estimate of drug-likeness (QED) is 0.487. The van der Waals surface area contributed by atoms with Gasteiger partial charge in [0.05, 0.1) is 17.4 Å². The van der Waals surface area contributed by atoms with E-state index in [2.05, 4.69) is 25.2 Å². The first kappa shape index (κ1) is 23.5. The van der Waals surface area contributed by atoms with Crippen molar-refractivity contribution in [3.05, 3.63) is 23.2 Å². The third-order valence-corrected chi connectivity index (χ3v) is 8.63. The van der Waals surface area contributed by atoms with E-state index in [-0.39, 0.29) is 22.9 Å². The third-order valence-electron chi connectivity index (χ3n) is 6.08. The van der Waals surface area contributed by atoms with Crippen molar-refractivity contribution in [2.24, 2.45) is 0 Å². The molecule has 1 aliphatic heterocycles. The van der Waals surface area contributed by atoms with Crippen LogP contribution in [0, 0.1) is 5.95 Å². The molecule has 9 nitrogen and oxygen atoms in total. The summed E-state index contributed by atoms with van der Waals surface area (Å²) < 4.78 is 72.2. The van der Waals surface area contributed by atoms with Gasteiger partial charge in [0.1, 0.15) is 4.90 Å². The number of aromatic nitrogens is 4. The molecule has 1 saturated carbocycles. The van der Waals surface area contributed by atoms with Gasteiger partial charge in [-0.15, -0.1) is 10.2 Å². The van der Waals surface area contributed by atoms with Crippen LogP contribution in [0.1, 0.15) is 45.0 Å². The first-order valence-corrected chi connectivity index (χ1v) is 13.1. The summed E-state index contributed by atoms with van der Waals surface area (Å²) in [6.45, 7) is 6.89. The van der Waals surface area contributed by atoms with Crippen LogP contribution in [-0.2, 0) is 10.0 Å². The van der Waals surface area contributed by atoms with E-state index >= 15 is 4.39 Å². The predicted molar refractivity (Wildman–Crippen MR) is 121 cm³/mol. The van der Waals surface area contributed by atoms with Gasteiger partial charge in [0.25, 0.3) is 6.43 Å². The normalized spacial score (nSPS) is 22.6. The molecule has 0 spiro atoms. The van der Waals surface area contributed by atoms with Gasteiger partial charge < -0.3 is 10.2 Å². The van der Waals surface area contributed by atoms with E-state index in [1.165, 1.54) is 12.3 Å². The number of nitrogens with zero attached hydrogens (tertiary/aromatic N) is 5. The highest BCUT2D eigenvalue weighted by atomic mass is 32.2. The van der Waals surface area contributed by atoms with Crippen LogP contribution < -0.4 is 14.9 Å². The number of pyridine rings is 1. The first-order valence-electron chi connectivity index (χ1n) is 10.8. The second-order valence-corrected chi connectivity index (χ2v) is 11.9. The largest absolute Gasteiger partial charge is 0.367 e. The van der Waals surface area contributed by atoms with E-state index in [1.54, 1.807) is 6.92 Å². The Hall–Kier alpha value is -2.29. The number of hydrogen-bond donors (Lipinski definition) is 2. The zero-order valence-electron chi connectivity index (χ0n) is 18.7. The summed E-state index contributed by atoms with van der Waals surface area (Å²) in [7, 11) is -4.22. The van der Waals surface area contributed by atoms with Gasteiger partial charge in [0.15, 0.2) is 15.8 Å². The summed E-state index contributed by atoms with van der Waals surface area (Å²) in [6, 6.07) is 1.55. The third kappa shape index (κ3) is 4.16. The van der Waals surface area contributed by atoms with Crippen LogP contribution in [0.15, 0.2) is 17.2 Å². The van der Waals surface area contributed by atoms with Gasteiger partial charge in [0.2, 0.25) is 16.0 Å². The lowest BCUT2D eigenvalue weighted by molar-refractivity contribution is 0.150. The summed E-state index contributed by atoms with van der Waals surface area (Å²) in [5.74, 6) is -1.14. The fourth-order valence-corrected chi connectivity index (χ4v) is 6.53. The SMILES string of the molecule is C[C@H]1CN(c2cc(S(=O)(=O)NC3(C)CC3)c(F)n3c(-c4nnc(C(F)F)s4)ncc23)C[C@H](C)N1. The summed E-state index contributed by atoms with van der Waals surface area (Å²) in [4.78, 5) is 5.68. The molecule has 0 bridgehead atoms. The Kier molecular flexibility index (Phi) is 5.61. The molecule has 3 aromatic rings. The summed E-state index contributed by atoms with van der Waals surface area (Å²) >= 11 is 0.587. The first-order chi connectivity index (χ1) is 16.0. The zero-order chi connectivity index (χ0) is 24.4. The maximum absolute atomic E-state index is 15.9. The number of piperazine rings is 1. The molecule has 4 heterocycles. The average Bonchev–Trinajstić information content (AvgIpc) is 3.15. The van der Waals surface area contributed by atoms with Crippen LogP contribution >= 0.6 is 11.3 Å². The Morgan fingerprint density at radius 2 is 1.91 bits per heavy atom. The number of rotatable bonds is 6. The van der Waals surface area contributed by atoms with Crippen LogP contribution in [-0.4, -0.2) is 58.7 Å². The van der Waals surface area contributed by atoms with Crippen molar-refractivity contribution >= 4 is 32.6 Å². The van der Waals surface area contributed by atoms with Gasteiger partial charge in [-0.25, -0.2) is 26.9 Å². The van der Waals surface area contributed by atoms with Gasteiger partial charge in [0, 0.05) is 30.7 Å². The number of hydrogen-bond acceptors (Lipinski definition) is 8. The molecule has 0 amide bonds. The summed E-state index contributed by atoms with van der Waals surface area (Å²) in [6.07, 6.45) is -0.109. The number of fused-ring (bicyclic) bond motifs is 1. The number of sulfonamides is 1. The Bertz CT molecular complexity index is 1340. The van der Waals surface area contributed by atoms with Crippen molar-refractivity contribution in [3.63, 3.8) is 0 Å². The minimum absolute atomic E-state index is 0.0288. The average molecular weight is 516 g/mol. The standard InChI is InChI=1S/C20H24F3N7O2S2/c1-10-8-29(9-11(2)25-10)12-6-14(34(31,32)28-20(3)4-5-20)16(23)30-13(12)7-24-17(30)19-27-26-18(33-19)15(21)22/h6-7,10-11,15,25,28H,4-5,8-9H2,1-3H3/t10-,11-/m0/s1. The monoisotopic (exact) mass is 515 g/mol. The smallest absolute Gasteiger partial charge is 0.291 e. The molecule has 2 N–H and O–H groups in total. The van der Waals surface area contributed by atoms with Crippen LogP contribution in [0.3, 0.4) is 0 Å². The van der Waals surface area contributed by atoms with Crippen LogP contribution in [0.2, 0.25) is 0 Å². The topological polar surface area (TPSA) is 105 Å². The highest BCUT2D eigenvalue weighted by Gasteiger charge is 2.42. The Balaban J connectivity index is 1.72. The van der Waals surface area contributed by atoms with Crippen LogP contribution in [0.5, 0.6) is 0 Å². The van der Waals surface area contributed by atoms with Gasteiger partial charge in [-0.05, 0) is 39.7 Å². The van der Waals surface area contributed by atoms with Crippen molar-refractivity contribution < 1.29 is 21.6 Å². The fraction of sp³-hybridized carbons (Fsp3) is 0.550. The lowest BCUT2D eigenvalue weighted by Crippen LogP contribution is -2.54. The summed E-state index contributed by atoms with van der Waals surface area (Å²) in [5, 5.41) is 10.1. The van der Waals surface area contributed by atoms with Crippen molar-refractivity contribution in [2.75, 3.05) is 18.0 Å². The second-order valence-electron chi connectivity index (χ2n) is 9.27. The van der Waals surface area contributed by atoms with Gasteiger partial charge >= 0.3 is 0 Å². The van der Waals surface area contributed by atoms with Crippen LogP contribution in [0.25, 0.3) is 16.3 Å². The predicted octanol–water partition coefficient (Wildman–Crippen LogP) is 2.95. The van der Waals surface area contributed by atoms with E-state index < -0.39 is 37.8 Å². The number of anilines is 1. The maximum Gasteiger partial charge on any atom is 0.291 e. The molecular formula is C20H24F3N7O2S2. The molecule has 3 aromatic heterocycles. The molecule has 1 aliphatic carbocycles. The molecule has 0 radical (unpaired) electrons. The number of nitrogens with one attached hydrogen (secondary N) is 2. The molecule has 0 unspecified atom stereocenters. The van der Waals surface area contributed by atoms with Gasteiger partial charge in [-0.1, -0.05) is 11.3 Å². The molecule has 2 aliphatic rings. The van der Waals surface area contributed by atoms with E-state index in [9.17, 15) is 17.2 Å². The Morgan fingerprint density at radius 1 is 1.24 bits per heavy atom. The van der Waals surface area contributed by atoms with Crippen LogP contribution in [0.4, 0.5) is 18.9 Å². The minimum atomic E-state index is -4.22. The van der Waals surface area contributed by atoms with Crippen molar-refractivity contribution in [1.82, 2.24) is 29.6 Å². The van der Waals surface area contributed by atoms with Crippen molar-refractivity contribution in [2.45, 2.75) is 62.6 Å². The molecule has 2 fully saturated rings. The van der Waals surface area contributed by atoms with Crippen molar-refractivity contribution in [3.8, 4) is 10.8 Å². The van der Waals surface area contributed by atoms with E-state index in [1.807, 2.05) is 18.7 Å². The molecule has 34 heavy (non-hydrogen) atoms. The molecule has 5 rings (SSSR count). The van der Waals surface area contributed by atoms with Gasteiger partial charge in [-0.3, -0.25) is 4.40 Å². The fourth-order valence-electron chi connectivity index (χ4n) is 4.30. The van der Waals surface area contributed by atoms with E-state index in [0.717, 1.165) is 4.40 Å². The highest BCUT2D eigenvalue weighted by molar-refractivity contribution is 7.89. The molecule has 1 saturated heterocycles.